The van der Waals surface area contributed by atoms with Gasteiger partial charge >= 0.3 is 0 Å². The first-order valence-corrected chi connectivity index (χ1v) is 14.7. The Morgan fingerprint density at radius 1 is 1.11 bits per heavy atom. The number of likely N-dealkylation sites (N-methyl/N-ethyl adjacent to an activating group) is 1. The molecule has 0 N–H and O–H groups in total. The van der Waals surface area contributed by atoms with Gasteiger partial charge in [-0.05, 0) is 119 Å². The van der Waals surface area contributed by atoms with Crippen LogP contribution in [0.1, 0.15) is 65.2 Å². The molecule has 6 heteroatoms. The lowest BCUT2D eigenvalue weighted by molar-refractivity contribution is -0.384. The first-order chi connectivity index (χ1) is 17.7. The molecular formula is C31H45N3O3. The van der Waals surface area contributed by atoms with Crippen molar-refractivity contribution >= 4 is 5.69 Å². The molecule has 1 aliphatic heterocycles. The number of nitro groups is 1. The number of nitro benzene ring substituents is 1. The molecule has 5 aliphatic rings. The van der Waals surface area contributed by atoms with Crippen LogP contribution in [0.25, 0.3) is 0 Å². The molecule has 4 fully saturated rings. The third-order valence-corrected chi connectivity index (χ3v) is 12.1. The van der Waals surface area contributed by atoms with Crippen LogP contribution in [0, 0.1) is 44.6 Å². The van der Waals surface area contributed by atoms with Crippen molar-refractivity contribution in [2.24, 2.45) is 34.5 Å². The second-order valence-electron chi connectivity index (χ2n) is 13.3. The number of rotatable bonds is 6. The number of allylic oxidation sites excluding steroid dienone is 1. The molecule has 0 unspecified atom stereocenters. The fourth-order valence-corrected chi connectivity index (χ4v) is 9.97. The molecule has 1 heterocycles. The zero-order valence-corrected chi connectivity index (χ0v) is 23.2. The number of ether oxygens (including phenoxy) is 1. The van der Waals surface area contributed by atoms with Crippen LogP contribution in [0.5, 0.6) is 5.75 Å². The van der Waals surface area contributed by atoms with Crippen LogP contribution in [-0.2, 0) is 0 Å². The molecule has 1 saturated heterocycles. The fourth-order valence-electron chi connectivity index (χ4n) is 9.97. The average Bonchev–Trinajstić information content (AvgIpc) is 3.37. The van der Waals surface area contributed by atoms with Gasteiger partial charge in [-0.15, -0.1) is 0 Å². The Hall–Kier alpha value is -1.92. The van der Waals surface area contributed by atoms with E-state index in [-0.39, 0.29) is 10.6 Å². The third kappa shape index (κ3) is 4.05. The van der Waals surface area contributed by atoms with E-state index in [9.17, 15) is 10.1 Å². The topological polar surface area (TPSA) is 58.9 Å². The molecule has 37 heavy (non-hydrogen) atoms. The summed E-state index contributed by atoms with van der Waals surface area (Å²) in [4.78, 5) is 15.6. The van der Waals surface area contributed by atoms with E-state index >= 15 is 0 Å². The molecule has 1 aromatic rings. The van der Waals surface area contributed by atoms with Gasteiger partial charge in [0.05, 0.1) is 4.92 Å². The molecule has 0 amide bonds. The average molecular weight is 508 g/mol. The highest BCUT2D eigenvalue weighted by atomic mass is 16.6. The van der Waals surface area contributed by atoms with Crippen LogP contribution >= 0.6 is 0 Å². The summed E-state index contributed by atoms with van der Waals surface area (Å²) < 4.78 is 5.91. The van der Waals surface area contributed by atoms with Gasteiger partial charge in [-0.25, -0.2) is 0 Å². The molecule has 1 spiro atoms. The van der Waals surface area contributed by atoms with Crippen molar-refractivity contribution in [3.05, 3.63) is 46.0 Å². The smallest absolute Gasteiger partial charge is 0.269 e. The Labute approximate surface area is 222 Å². The zero-order valence-electron chi connectivity index (χ0n) is 23.2. The Kier molecular flexibility index (Phi) is 6.42. The van der Waals surface area contributed by atoms with E-state index in [0.29, 0.717) is 29.2 Å². The second kappa shape index (κ2) is 9.37. The predicted octanol–water partition coefficient (Wildman–Crippen LogP) is 6.17. The normalized spacial score (nSPS) is 40.9. The van der Waals surface area contributed by atoms with Crippen molar-refractivity contribution in [3.63, 3.8) is 0 Å². The highest BCUT2D eigenvalue weighted by Gasteiger charge is 2.63. The maximum absolute atomic E-state index is 10.9. The summed E-state index contributed by atoms with van der Waals surface area (Å²) >= 11 is 0. The van der Waals surface area contributed by atoms with E-state index in [0.717, 1.165) is 36.3 Å². The van der Waals surface area contributed by atoms with E-state index in [1.807, 2.05) is 0 Å². The molecule has 6 nitrogen and oxygen atoms in total. The van der Waals surface area contributed by atoms with Gasteiger partial charge in [-0.3, -0.25) is 15.0 Å². The van der Waals surface area contributed by atoms with Crippen LogP contribution < -0.4 is 4.74 Å². The summed E-state index contributed by atoms with van der Waals surface area (Å²) in [6.07, 6.45) is 13.6. The van der Waals surface area contributed by atoms with Crippen LogP contribution in [-0.4, -0.2) is 60.6 Å². The number of likely N-dealkylation sites (tertiary alicyclic amines) is 1. The lowest BCUT2D eigenvalue weighted by Crippen LogP contribution is -2.52. The summed E-state index contributed by atoms with van der Waals surface area (Å²) in [7, 11) is 4.61. The van der Waals surface area contributed by atoms with Gasteiger partial charge in [-0.1, -0.05) is 18.6 Å². The number of hydrogen-bond acceptors (Lipinski definition) is 5. The first-order valence-electron chi connectivity index (χ1n) is 14.7. The summed E-state index contributed by atoms with van der Waals surface area (Å²) in [5.74, 6) is 4.34. The molecule has 0 radical (unpaired) electrons. The Bertz CT molecular complexity index is 1060. The minimum atomic E-state index is -0.375. The van der Waals surface area contributed by atoms with E-state index in [4.69, 9.17) is 4.74 Å². The van der Waals surface area contributed by atoms with Crippen LogP contribution in [0.15, 0.2) is 35.9 Å². The summed E-state index contributed by atoms with van der Waals surface area (Å²) in [5.41, 5.74) is 2.85. The minimum absolute atomic E-state index is 0.101. The van der Waals surface area contributed by atoms with Gasteiger partial charge in [0, 0.05) is 37.3 Å². The van der Waals surface area contributed by atoms with Gasteiger partial charge in [0.25, 0.3) is 5.69 Å². The summed E-state index contributed by atoms with van der Waals surface area (Å²) in [6, 6.07) is 7.74. The largest absolute Gasteiger partial charge is 0.492 e. The summed E-state index contributed by atoms with van der Waals surface area (Å²) in [5, 5.41) is 10.9. The lowest BCUT2D eigenvalue weighted by Gasteiger charge is -2.58. The van der Waals surface area contributed by atoms with E-state index < -0.39 is 0 Å². The molecule has 202 valence electrons. The number of hydrogen-bond donors (Lipinski definition) is 0. The van der Waals surface area contributed by atoms with Crippen molar-refractivity contribution in [2.45, 2.75) is 77.3 Å². The predicted molar refractivity (Wildman–Crippen MR) is 147 cm³/mol. The summed E-state index contributed by atoms with van der Waals surface area (Å²) in [6.45, 7) is 7.92. The number of benzene rings is 1. The molecular weight excluding hydrogens is 462 g/mol. The SMILES string of the molecule is C[C@H]1[C@H]2CC[C@H]3[C@@H]4CC=C5C[C@@H](N(C)CCOc6ccc([N+](=O)[O-])cc6)CC[C@]5(C)[C@H]4CC[C@]23CN1C. The number of non-ortho nitro benzene ring substituents is 1. The van der Waals surface area contributed by atoms with E-state index in [1.165, 1.54) is 70.0 Å². The first kappa shape index (κ1) is 25.4. The Balaban J connectivity index is 1.08. The molecule has 6 rings (SSSR count). The van der Waals surface area contributed by atoms with Gasteiger partial charge in [0.1, 0.15) is 12.4 Å². The highest BCUT2D eigenvalue weighted by Crippen LogP contribution is 2.68. The standard InChI is InChI=1S/C31H45N3O3/c1-21-27-11-12-29-26-10-5-22-19-24(32(3)17-18-37-25-8-6-23(7-9-25)34(35)36)13-15-30(22,2)28(26)14-16-31(27,29)20-33(21)4/h5-9,21,24,26-29H,10-20H2,1-4H3/t21-,24-,26+,27+,28-,29-,30-,31-/m0/s1. The van der Waals surface area contributed by atoms with Crippen LogP contribution in [0.4, 0.5) is 5.69 Å². The number of fused-ring (bicyclic) bond motifs is 4. The van der Waals surface area contributed by atoms with Gasteiger partial charge < -0.3 is 9.64 Å². The van der Waals surface area contributed by atoms with Crippen molar-refractivity contribution in [1.29, 1.82) is 0 Å². The monoisotopic (exact) mass is 507 g/mol. The van der Waals surface area contributed by atoms with E-state index in [2.05, 4.69) is 43.8 Å². The number of nitrogens with zero attached hydrogens (tertiary/aromatic N) is 3. The van der Waals surface area contributed by atoms with Crippen molar-refractivity contribution in [1.82, 2.24) is 9.80 Å². The van der Waals surface area contributed by atoms with Crippen LogP contribution in [0.3, 0.4) is 0 Å². The Morgan fingerprint density at radius 3 is 2.62 bits per heavy atom. The highest BCUT2D eigenvalue weighted by molar-refractivity contribution is 5.36. The molecule has 3 saturated carbocycles. The quantitative estimate of drug-likeness (QED) is 0.262. The maximum Gasteiger partial charge on any atom is 0.269 e. The van der Waals surface area contributed by atoms with Gasteiger partial charge in [0.15, 0.2) is 0 Å². The minimum Gasteiger partial charge on any atom is -0.492 e. The molecule has 4 aliphatic carbocycles. The molecule has 0 bridgehead atoms. The molecule has 8 atom stereocenters. The zero-order chi connectivity index (χ0) is 25.9. The molecule has 1 aromatic carbocycles. The second-order valence-corrected chi connectivity index (χ2v) is 13.3. The van der Waals surface area contributed by atoms with Crippen molar-refractivity contribution < 1.29 is 9.66 Å². The van der Waals surface area contributed by atoms with Gasteiger partial charge in [0.2, 0.25) is 0 Å². The van der Waals surface area contributed by atoms with Crippen molar-refractivity contribution in [3.8, 4) is 5.75 Å². The third-order valence-electron chi connectivity index (χ3n) is 12.1. The Morgan fingerprint density at radius 2 is 1.86 bits per heavy atom. The van der Waals surface area contributed by atoms with Crippen LogP contribution in [0.2, 0.25) is 0 Å². The molecule has 0 aromatic heterocycles. The lowest BCUT2D eigenvalue weighted by atomic mass is 9.47. The van der Waals surface area contributed by atoms with Crippen molar-refractivity contribution in [2.75, 3.05) is 33.8 Å². The fraction of sp³-hybridized carbons (Fsp3) is 0.742. The van der Waals surface area contributed by atoms with Gasteiger partial charge in [-0.2, -0.15) is 0 Å². The van der Waals surface area contributed by atoms with E-state index in [1.54, 1.807) is 17.7 Å². The maximum atomic E-state index is 10.9.